The molecule has 2 aromatic heterocycles. The number of nitrogens with one attached hydrogen (secondary N) is 2. The molecule has 1 atom stereocenters. The minimum absolute atomic E-state index is 0.0460. The van der Waals surface area contributed by atoms with Crippen molar-refractivity contribution in [3.05, 3.63) is 24.9 Å². The van der Waals surface area contributed by atoms with E-state index < -0.39 is 0 Å². The zero-order valence-electron chi connectivity index (χ0n) is 10.9. The predicted octanol–water partition coefficient (Wildman–Crippen LogP) is 0.450. The van der Waals surface area contributed by atoms with Crippen LogP contribution in [0.25, 0.3) is 0 Å². The number of H-pyrrole nitrogens is 1. The van der Waals surface area contributed by atoms with Crippen LogP contribution in [0.2, 0.25) is 0 Å². The van der Waals surface area contributed by atoms with Crippen molar-refractivity contribution in [1.29, 1.82) is 0 Å². The van der Waals surface area contributed by atoms with Crippen LogP contribution >= 0.6 is 0 Å². The van der Waals surface area contributed by atoms with E-state index in [4.69, 9.17) is 0 Å². The molecule has 0 aromatic carbocycles. The highest BCUT2D eigenvalue weighted by molar-refractivity contribution is 5.91. The van der Waals surface area contributed by atoms with Crippen molar-refractivity contribution in [2.45, 2.75) is 12.8 Å². The van der Waals surface area contributed by atoms with Crippen molar-refractivity contribution < 1.29 is 4.79 Å². The van der Waals surface area contributed by atoms with Crippen LogP contribution in [0, 0.1) is 5.92 Å². The van der Waals surface area contributed by atoms with Crippen LogP contribution in [0.4, 0.5) is 11.8 Å². The third-order valence-electron chi connectivity index (χ3n) is 3.32. The molecule has 8 nitrogen and oxygen atoms in total. The molecule has 0 aliphatic carbocycles. The van der Waals surface area contributed by atoms with Crippen LogP contribution in [0.3, 0.4) is 0 Å². The molecule has 3 rings (SSSR count). The van der Waals surface area contributed by atoms with Crippen LogP contribution in [0.15, 0.2) is 24.9 Å². The van der Waals surface area contributed by atoms with Crippen LogP contribution in [-0.4, -0.2) is 44.1 Å². The van der Waals surface area contributed by atoms with Gasteiger partial charge >= 0.3 is 0 Å². The second-order valence-electron chi connectivity index (χ2n) is 4.67. The molecule has 1 aliphatic heterocycles. The smallest absolute Gasteiger partial charge is 0.231 e. The highest BCUT2D eigenvalue weighted by atomic mass is 16.2. The highest BCUT2D eigenvalue weighted by Crippen LogP contribution is 2.21. The monoisotopic (exact) mass is 273 g/mol. The molecule has 20 heavy (non-hydrogen) atoms. The summed E-state index contributed by atoms with van der Waals surface area (Å²) in [5.74, 6) is 1.06. The molecule has 1 aliphatic rings. The largest absolute Gasteiger partial charge is 0.355 e. The molecule has 104 valence electrons. The number of carbonyl (C=O) groups is 1. The van der Waals surface area contributed by atoms with Crippen molar-refractivity contribution in [3.63, 3.8) is 0 Å². The Morgan fingerprint density at radius 2 is 2.35 bits per heavy atom. The summed E-state index contributed by atoms with van der Waals surface area (Å²) in [6, 6.07) is 0. The molecule has 0 bridgehead atoms. The Morgan fingerprint density at radius 3 is 3.10 bits per heavy atom. The van der Waals surface area contributed by atoms with Crippen LogP contribution < -0.4 is 10.2 Å². The van der Waals surface area contributed by atoms with Crippen molar-refractivity contribution in [3.8, 4) is 0 Å². The maximum atomic E-state index is 12.2. The van der Waals surface area contributed by atoms with Crippen molar-refractivity contribution >= 4 is 17.7 Å². The average molecular weight is 273 g/mol. The third-order valence-corrected chi connectivity index (χ3v) is 3.32. The van der Waals surface area contributed by atoms with Gasteiger partial charge in [0.1, 0.15) is 12.1 Å². The Balaban J connectivity index is 1.64. The molecule has 8 heteroatoms. The fraction of sp³-hybridized carbons (Fsp3) is 0.417. The first kappa shape index (κ1) is 12.5. The standard InChI is InChI=1S/C12H15N7O/c20-11(17-12-15-8-16-18-12)9-2-1-5-19(7-9)10-6-13-3-4-14-10/h3-4,6,8-9H,1-2,5,7H2,(H2,15,16,17,18,20). The Hall–Kier alpha value is -2.51. The fourth-order valence-electron chi connectivity index (χ4n) is 2.34. The zero-order valence-corrected chi connectivity index (χ0v) is 10.9. The number of hydrogen-bond acceptors (Lipinski definition) is 6. The minimum Gasteiger partial charge on any atom is -0.355 e. The van der Waals surface area contributed by atoms with Crippen molar-refractivity contribution in [2.75, 3.05) is 23.3 Å². The number of anilines is 2. The molecule has 2 N–H and O–H groups in total. The van der Waals surface area contributed by atoms with E-state index >= 15 is 0 Å². The van der Waals surface area contributed by atoms with Gasteiger partial charge in [0.2, 0.25) is 11.9 Å². The molecule has 0 radical (unpaired) electrons. The van der Waals surface area contributed by atoms with Gasteiger partial charge in [0, 0.05) is 25.5 Å². The van der Waals surface area contributed by atoms with E-state index in [0.29, 0.717) is 12.5 Å². The van der Waals surface area contributed by atoms with Gasteiger partial charge in [-0.15, -0.1) is 0 Å². The number of aromatic nitrogens is 5. The minimum atomic E-state index is -0.0872. The van der Waals surface area contributed by atoms with Crippen molar-refractivity contribution in [1.82, 2.24) is 25.1 Å². The lowest BCUT2D eigenvalue weighted by atomic mass is 9.97. The topological polar surface area (TPSA) is 99.7 Å². The number of rotatable bonds is 3. The van der Waals surface area contributed by atoms with Crippen LogP contribution in [0.5, 0.6) is 0 Å². The first-order chi connectivity index (χ1) is 9.83. The van der Waals surface area contributed by atoms with Gasteiger partial charge in [0.25, 0.3) is 0 Å². The van der Waals surface area contributed by atoms with Gasteiger partial charge in [-0.1, -0.05) is 0 Å². The number of aromatic amines is 1. The van der Waals surface area contributed by atoms with Gasteiger partial charge < -0.3 is 4.90 Å². The van der Waals surface area contributed by atoms with Crippen LogP contribution in [0.1, 0.15) is 12.8 Å². The van der Waals surface area contributed by atoms with E-state index in [1.165, 1.54) is 6.33 Å². The van der Waals surface area contributed by atoms with E-state index in [2.05, 4.69) is 35.4 Å². The van der Waals surface area contributed by atoms with Gasteiger partial charge in [-0.05, 0) is 12.8 Å². The summed E-state index contributed by atoms with van der Waals surface area (Å²) < 4.78 is 0. The fourth-order valence-corrected chi connectivity index (χ4v) is 2.34. The highest BCUT2D eigenvalue weighted by Gasteiger charge is 2.27. The Morgan fingerprint density at radius 1 is 1.40 bits per heavy atom. The quantitative estimate of drug-likeness (QED) is 0.842. The number of amides is 1. The number of nitrogens with zero attached hydrogens (tertiary/aromatic N) is 5. The molecule has 1 saturated heterocycles. The van der Waals surface area contributed by atoms with E-state index in [-0.39, 0.29) is 11.8 Å². The lowest BCUT2D eigenvalue weighted by Gasteiger charge is -2.32. The van der Waals surface area contributed by atoms with E-state index in [9.17, 15) is 4.79 Å². The summed E-state index contributed by atoms with van der Waals surface area (Å²) >= 11 is 0. The third kappa shape index (κ3) is 2.73. The summed E-state index contributed by atoms with van der Waals surface area (Å²) in [6.45, 7) is 1.53. The second-order valence-corrected chi connectivity index (χ2v) is 4.67. The normalized spacial score (nSPS) is 18.8. The summed E-state index contributed by atoms with van der Waals surface area (Å²) in [5.41, 5.74) is 0. The SMILES string of the molecule is O=C(Nc1ncn[nH]1)C1CCCN(c2cnccn2)C1. The van der Waals surface area contributed by atoms with Gasteiger partial charge in [-0.3, -0.25) is 15.1 Å². The second kappa shape index (κ2) is 5.64. The molecule has 1 unspecified atom stereocenters. The Kier molecular flexibility index (Phi) is 3.53. The first-order valence-corrected chi connectivity index (χ1v) is 6.50. The lowest BCUT2D eigenvalue weighted by Crippen LogP contribution is -2.41. The predicted molar refractivity (Wildman–Crippen MR) is 72.0 cm³/mol. The van der Waals surface area contributed by atoms with Gasteiger partial charge in [0.15, 0.2) is 0 Å². The average Bonchev–Trinajstić information content (AvgIpc) is 3.01. The van der Waals surface area contributed by atoms with Gasteiger partial charge in [0.05, 0.1) is 12.1 Å². The summed E-state index contributed by atoms with van der Waals surface area (Å²) in [5, 5.41) is 9.06. The van der Waals surface area contributed by atoms with Crippen LogP contribution in [-0.2, 0) is 4.79 Å². The number of piperidine rings is 1. The molecule has 2 aromatic rings. The molecular formula is C12H15N7O. The van der Waals surface area contributed by atoms with Gasteiger partial charge in [-0.25, -0.2) is 10.1 Å². The lowest BCUT2D eigenvalue weighted by molar-refractivity contribution is -0.120. The van der Waals surface area contributed by atoms with E-state index in [1.807, 2.05) is 0 Å². The Labute approximate surface area is 115 Å². The molecule has 1 amide bonds. The van der Waals surface area contributed by atoms with Crippen molar-refractivity contribution in [2.24, 2.45) is 5.92 Å². The molecule has 3 heterocycles. The summed E-state index contributed by atoms with van der Waals surface area (Å²) in [6.07, 6.45) is 8.19. The number of carbonyl (C=O) groups excluding carboxylic acids is 1. The first-order valence-electron chi connectivity index (χ1n) is 6.50. The summed E-state index contributed by atoms with van der Waals surface area (Å²) in [7, 11) is 0. The maximum absolute atomic E-state index is 12.2. The molecule has 0 saturated carbocycles. The summed E-state index contributed by atoms with van der Waals surface area (Å²) in [4.78, 5) is 26.5. The molecule has 0 spiro atoms. The molecular weight excluding hydrogens is 258 g/mol. The Bertz CT molecular complexity index is 556. The van der Waals surface area contributed by atoms with E-state index in [1.54, 1.807) is 18.6 Å². The van der Waals surface area contributed by atoms with Gasteiger partial charge in [-0.2, -0.15) is 10.1 Å². The molecule has 1 fully saturated rings. The number of hydrogen-bond donors (Lipinski definition) is 2. The van der Waals surface area contributed by atoms with E-state index in [0.717, 1.165) is 25.2 Å². The zero-order chi connectivity index (χ0) is 13.8. The maximum Gasteiger partial charge on any atom is 0.231 e.